The highest BCUT2D eigenvalue weighted by Crippen LogP contribution is 2.31. The molecule has 0 amide bonds. The topological polar surface area (TPSA) is 12.0 Å². The molecule has 1 nitrogen and oxygen atoms in total. The highest BCUT2D eigenvalue weighted by atomic mass is 15.0. The van der Waals surface area contributed by atoms with Crippen molar-refractivity contribution in [1.29, 1.82) is 0 Å². The van der Waals surface area contributed by atoms with Crippen LogP contribution in [0.15, 0.2) is 42.5 Å². The lowest BCUT2D eigenvalue weighted by Crippen LogP contribution is -2.34. The highest BCUT2D eigenvalue weighted by molar-refractivity contribution is 5.85. The van der Waals surface area contributed by atoms with Crippen molar-refractivity contribution in [2.75, 3.05) is 6.54 Å². The molecule has 2 aromatic carbocycles. The molecule has 0 bridgehead atoms. The van der Waals surface area contributed by atoms with Gasteiger partial charge < -0.3 is 5.32 Å². The summed E-state index contributed by atoms with van der Waals surface area (Å²) < 4.78 is 0. The molecule has 0 heterocycles. The second-order valence-corrected chi connectivity index (χ2v) is 6.63. The molecule has 1 N–H and O–H groups in total. The molecule has 1 atom stereocenters. The Kier molecular flexibility index (Phi) is 3.80. The predicted octanol–water partition coefficient (Wildman–Crippen LogP) is 4.55. The molecule has 20 heavy (non-hydrogen) atoms. The molecule has 0 spiro atoms. The minimum absolute atomic E-state index is 0.354. The Labute approximate surface area is 122 Å². The quantitative estimate of drug-likeness (QED) is 0.809. The molecule has 106 valence electrons. The van der Waals surface area contributed by atoms with E-state index in [0.717, 1.165) is 19.0 Å². The van der Waals surface area contributed by atoms with Gasteiger partial charge in [-0.15, -0.1) is 0 Å². The van der Waals surface area contributed by atoms with E-state index in [1.54, 1.807) is 0 Å². The van der Waals surface area contributed by atoms with Crippen molar-refractivity contribution < 1.29 is 0 Å². The molecule has 1 fully saturated rings. The first-order valence-electron chi connectivity index (χ1n) is 7.90. The monoisotopic (exact) mass is 267 g/mol. The van der Waals surface area contributed by atoms with Gasteiger partial charge in [0.2, 0.25) is 0 Å². The van der Waals surface area contributed by atoms with Gasteiger partial charge in [0.1, 0.15) is 0 Å². The Hall–Kier alpha value is -1.34. The fourth-order valence-corrected chi connectivity index (χ4v) is 2.90. The van der Waals surface area contributed by atoms with Crippen LogP contribution in [-0.4, -0.2) is 12.6 Å². The van der Waals surface area contributed by atoms with Crippen molar-refractivity contribution in [3.05, 3.63) is 48.0 Å². The Morgan fingerprint density at radius 1 is 1.10 bits per heavy atom. The van der Waals surface area contributed by atoms with Gasteiger partial charge in [0.15, 0.2) is 0 Å². The van der Waals surface area contributed by atoms with E-state index < -0.39 is 0 Å². The van der Waals surface area contributed by atoms with Crippen LogP contribution in [0.2, 0.25) is 0 Å². The molecule has 2 aromatic rings. The van der Waals surface area contributed by atoms with E-state index in [0.29, 0.717) is 5.41 Å². The first kappa shape index (κ1) is 13.6. The number of rotatable bonds is 6. The van der Waals surface area contributed by atoms with Gasteiger partial charge in [-0.3, -0.25) is 0 Å². The smallest absolute Gasteiger partial charge is 0.00684 e. The predicted molar refractivity (Wildman–Crippen MR) is 87.1 cm³/mol. The number of hydrogen-bond donors (Lipinski definition) is 1. The fraction of sp³-hybridized carbons (Fsp3) is 0.474. The number of benzene rings is 2. The zero-order chi connectivity index (χ0) is 14.0. The van der Waals surface area contributed by atoms with Crippen LogP contribution < -0.4 is 5.32 Å². The van der Waals surface area contributed by atoms with Gasteiger partial charge in [0.05, 0.1) is 0 Å². The van der Waals surface area contributed by atoms with Crippen molar-refractivity contribution in [2.24, 2.45) is 5.41 Å². The summed E-state index contributed by atoms with van der Waals surface area (Å²) in [6.45, 7) is 5.88. The van der Waals surface area contributed by atoms with E-state index in [2.05, 4.69) is 61.6 Å². The molecule has 0 radical (unpaired) electrons. The third kappa shape index (κ3) is 3.04. The van der Waals surface area contributed by atoms with Gasteiger partial charge in [-0.25, -0.2) is 0 Å². The first-order valence-corrected chi connectivity index (χ1v) is 7.90. The Morgan fingerprint density at radius 3 is 2.60 bits per heavy atom. The maximum Gasteiger partial charge on any atom is 0.00684 e. The summed E-state index contributed by atoms with van der Waals surface area (Å²) in [5.41, 5.74) is 1.84. The molecule has 0 aliphatic heterocycles. The van der Waals surface area contributed by atoms with Crippen LogP contribution in [0.3, 0.4) is 0 Å². The van der Waals surface area contributed by atoms with Gasteiger partial charge >= 0.3 is 0 Å². The van der Waals surface area contributed by atoms with Crippen LogP contribution in [0, 0.1) is 5.41 Å². The lowest BCUT2D eigenvalue weighted by Gasteiger charge is -2.29. The second-order valence-electron chi connectivity index (χ2n) is 6.63. The normalized spacial score (nSPS) is 18.1. The molecule has 1 saturated carbocycles. The minimum Gasteiger partial charge on any atom is -0.313 e. The van der Waals surface area contributed by atoms with Gasteiger partial charge in [0.25, 0.3) is 0 Å². The SMILES string of the molecule is CCC(C)(CNC1CC1)Cc1cccc2ccccc12. The number of hydrogen-bond acceptors (Lipinski definition) is 1. The molecular weight excluding hydrogens is 242 g/mol. The van der Waals surface area contributed by atoms with E-state index in [9.17, 15) is 0 Å². The van der Waals surface area contributed by atoms with Crippen LogP contribution in [-0.2, 0) is 6.42 Å². The van der Waals surface area contributed by atoms with E-state index in [1.165, 1.54) is 35.6 Å². The average Bonchev–Trinajstić information content (AvgIpc) is 3.30. The maximum atomic E-state index is 3.72. The van der Waals surface area contributed by atoms with Gasteiger partial charge in [-0.05, 0) is 47.4 Å². The molecule has 1 unspecified atom stereocenters. The molecular formula is C19H25N. The van der Waals surface area contributed by atoms with Crippen LogP contribution in [0.25, 0.3) is 10.8 Å². The summed E-state index contributed by atoms with van der Waals surface area (Å²) in [7, 11) is 0. The van der Waals surface area contributed by atoms with E-state index >= 15 is 0 Å². The lowest BCUT2D eigenvalue weighted by atomic mass is 9.80. The summed E-state index contributed by atoms with van der Waals surface area (Å²) in [4.78, 5) is 0. The van der Waals surface area contributed by atoms with Gasteiger partial charge in [-0.2, -0.15) is 0 Å². The van der Waals surface area contributed by atoms with Crippen molar-refractivity contribution in [3.63, 3.8) is 0 Å². The van der Waals surface area contributed by atoms with Crippen LogP contribution in [0.5, 0.6) is 0 Å². The van der Waals surface area contributed by atoms with Crippen molar-refractivity contribution in [3.8, 4) is 0 Å². The molecule has 1 heteroatoms. The minimum atomic E-state index is 0.354. The van der Waals surface area contributed by atoms with Crippen molar-refractivity contribution >= 4 is 10.8 Å². The molecule has 1 aliphatic carbocycles. The molecule has 3 rings (SSSR count). The van der Waals surface area contributed by atoms with Gasteiger partial charge in [-0.1, -0.05) is 56.3 Å². The lowest BCUT2D eigenvalue weighted by molar-refractivity contribution is 0.290. The number of fused-ring (bicyclic) bond motifs is 1. The van der Waals surface area contributed by atoms with Crippen LogP contribution >= 0.6 is 0 Å². The zero-order valence-corrected chi connectivity index (χ0v) is 12.7. The second kappa shape index (κ2) is 5.57. The Balaban J connectivity index is 1.82. The fourth-order valence-electron chi connectivity index (χ4n) is 2.90. The highest BCUT2D eigenvalue weighted by Gasteiger charge is 2.27. The largest absolute Gasteiger partial charge is 0.313 e. The van der Waals surface area contributed by atoms with E-state index in [4.69, 9.17) is 0 Å². The summed E-state index contributed by atoms with van der Waals surface area (Å²) in [6, 6.07) is 16.3. The Bertz CT molecular complexity index is 580. The molecule has 0 saturated heterocycles. The molecule has 0 aromatic heterocycles. The molecule has 1 aliphatic rings. The van der Waals surface area contributed by atoms with E-state index in [-0.39, 0.29) is 0 Å². The summed E-state index contributed by atoms with van der Waals surface area (Å²) >= 11 is 0. The zero-order valence-electron chi connectivity index (χ0n) is 12.7. The Morgan fingerprint density at radius 2 is 1.85 bits per heavy atom. The van der Waals surface area contributed by atoms with Crippen molar-refractivity contribution in [2.45, 2.75) is 45.6 Å². The van der Waals surface area contributed by atoms with Gasteiger partial charge in [0, 0.05) is 12.6 Å². The van der Waals surface area contributed by atoms with Crippen LogP contribution in [0.1, 0.15) is 38.7 Å². The van der Waals surface area contributed by atoms with E-state index in [1.807, 2.05) is 0 Å². The average molecular weight is 267 g/mol. The third-order valence-corrected chi connectivity index (χ3v) is 4.75. The summed E-state index contributed by atoms with van der Waals surface area (Å²) in [5.74, 6) is 0. The maximum absolute atomic E-state index is 3.72. The standard InChI is InChI=1S/C19H25N/c1-3-19(2,14-20-17-11-12-17)13-16-9-6-8-15-7-4-5-10-18(15)16/h4-10,17,20H,3,11-14H2,1-2H3. The van der Waals surface area contributed by atoms with Crippen molar-refractivity contribution in [1.82, 2.24) is 5.32 Å². The summed E-state index contributed by atoms with van der Waals surface area (Å²) in [5, 5.41) is 6.49. The first-order chi connectivity index (χ1) is 9.70. The number of nitrogens with one attached hydrogen (secondary N) is 1. The summed E-state index contributed by atoms with van der Waals surface area (Å²) in [6.07, 6.45) is 5.11. The van der Waals surface area contributed by atoms with Crippen LogP contribution in [0.4, 0.5) is 0 Å². The third-order valence-electron chi connectivity index (χ3n) is 4.75.